The van der Waals surface area contributed by atoms with Crippen molar-refractivity contribution in [2.24, 2.45) is 0 Å². The summed E-state index contributed by atoms with van der Waals surface area (Å²) in [6.45, 7) is 6.44. The third-order valence-electron chi connectivity index (χ3n) is 3.37. The van der Waals surface area contributed by atoms with Gasteiger partial charge in [0.05, 0.1) is 11.6 Å². The molecule has 0 fully saturated rings. The number of ether oxygens (including phenoxy) is 2. The number of nitrogens with one attached hydrogen (secondary N) is 1. The van der Waals surface area contributed by atoms with Crippen molar-refractivity contribution in [1.29, 1.82) is 0 Å². The fraction of sp³-hybridized carbons (Fsp3) is 0.316. The molecule has 0 aromatic heterocycles. The standard InChI is InChI=1S/C19H22ClNO3/c1-13-10-14(2)12-16(11-13)24-15(3)19(22)21-8-9-23-18-7-5-4-6-17(18)20/h4-7,10-12,15H,8-9H2,1-3H3,(H,21,22). The summed E-state index contributed by atoms with van der Waals surface area (Å²) in [5, 5.41) is 3.34. The van der Waals surface area contributed by atoms with Gasteiger partial charge in [-0.05, 0) is 56.2 Å². The minimum atomic E-state index is -0.577. The summed E-state index contributed by atoms with van der Waals surface area (Å²) in [6, 6.07) is 13.1. The Morgan fingerprint density at radius 1 is 1.17 bits per heavy atom. The van der Waals surface area contributed by atoms with Crippen molar-refractivity contribution in [2.75, 3.05) is 13.2 Å². The van der Waals surface area contributed by atoms with Gasteiger partial charge in [0, 0.05) is 0 Å². The Labute approximate surface area is 147 Å². The van der Waals surface area contributed by atoms with Gasteiger partial charge in [0.1, 0.15) is 18.1 Å². The second kappa shape index (κ2) is 8.60. The predicted molar refractivity (Wildman–Crippen MR) is 96.0 cm³/mol. The summed E-state index contributed by atoms with van der Waals surface area (Å²) < 4.78 is 11.2. The van der Waals surface area contributed by atoms with E-state index in [1.807, 2.05) is 38.1 Å². The van der Waals surface area contributed by atoms with Crippen molar-refractivity contribution in [3.8, 4) is 11.5 Å². The van der Waals surface area contributed by atoms with E-state index in [-0.39, 0.29) is 5.91 Å². The molecule has 24 heavy (non-hydrogen) atoms. The molecule has 1 atom stereocenters. The smallest absolute Gasteiger partial charge is 0.260 e. The van der Waals surface area contributed by atoms with Crippen LogP contribution >= 0.6 is 11.6 Å². The molecule has 0 heterocycles. The van der Waals surface area contributed by atoms with Crippen LogP contribution in [0.2, 0.25) is 5.02 Å². The zero-order valence-electron chi connectivity index (χ0n) is 14.1. The van der Waals surface area contributed by atoms with E-state index in [0.29, 0.717) is 29.7 Å². The maximum atomic E-state index is 12.1. The van der Waals surface area contributed by atoms with Gasteiger partial charge in [-0.3, -0.25) is 4.79 Å². The van der Waals surface area contributed by atoms with Gasteiger partial charge < -0.3 is 14.8 Å². The summed E-state index contributed by atoms with van der Waals surface area (Å²) in [6.07, 6.45) is -0.577. The van der Waals surface area contributed by atoms with Gasteiger partial charge in [-0.2, -0.15) is 0 Å². The number of carbonyl (C=O) groups is 1. The third-order valence-corrected chi connectivity index (χ3v) is 3.69. The lowest BCUT2D eigenvalue weighted by molar-refractivity contribution is -0.127. The lowest BCUT2D eigenvalue weighted by Gasteiger charge is -2.16. The van der Waals surface area contributed by atoms with Gasteiger partial charge in [-0.15, -0.1) is 0 Å². The number of halogens is 1. The van der Waals surface area contributed by atoms with Gasteiger partial charge in [0.15, 0.2) is 6.10 Å². The minimum absolute atomic E-state index is 0.183. The largest absolute Gasteiger partial charge is 0.490 e. The van der Waals surface area contributed by atoms with E-state index in [2.05, 4.69) is 11.4 Å². The van der Waals surface area contributed by atoms with Crippen LogP contribution in [0, 0.1) is 13.8 Å². The molecule has 1 amide bonds. The van der Waals surface area contributed by atoms with E-state index in [4.69, 9.17) is 21.1 Å². The van der Waals surface area contributed by atoms with Gasteiger partial charge in [0.2, 0.25) is 0 Å². The molecule has 0 saturated heterocycles. The summed E-state index contributed by atoms with van der Waals surface area (Å²) in [5.41, 5.74) is 2.21. The molecular weight excluding hydrogens is 326 g/mol. The fourth-order valence-electron chi connectivity index (χ4n) is 2.30. The number of rotatable bonds is 7. The molecule has 2 aromatic rings. The first-order valence-corrected chi connectivity index (χ1v) is 8.23. The van der Waals surface area contributed by atoms with Crippen molar-refractivity contribution >= 4 is 17.5 Å². The number of amides is 1. The first-order valence-electron chi connectivity index (χ1n) is 7.85. The number of hydrogen-bond acceptors (Lipinski definition) is 3. The lowest BCUT2D eigenvalue weighted by Crippen LogP contribution is -2.38. The van der Waals surface area contributed by atoms with Gasteiger partial charge in [-0.25, -0.2) is 0 Å². The first-order chi connectivity index (χ1) is 11.5. The van der Waals surface area contributed by atoms with Gasteiger partial charge in [0.25, 0.3) is 5.91 Å². The quantitative estimate of drug-likeness (QED) is 0.772. The SMILES string of the molecule is Cc1cc(C)cc(OC(C)C(=O)NCCOc2ccccc2Cl)c1. The molecule has 0 aliphatic rings. The van der Waals surface area contributed by atoms with E-state index in [9.17, 15) is 4.79 Å². The topological polar surface area (TPSA) is 47.6 Å². The van der Waals surface area contributed by atoms with Crippen LogP contribution in [0.1, 0.15) is 18.1 Å². The zero-order valence-corrected chi connectivity index (χ0v) is 14.9. The Balaban J connectivity index is 1.76. The van der Waals surface area contributed by atoms with Crippen molar-refractivity contribution in [3.63, 3.8) is 0 Å². The Morgan fingerprint density at radius 2 is 1.83 bits per heavy atom. The Hall–Kier alpha value is -2.20. The Bertz CT molecular complexity index is 683. The van der Waals surface area contributed by atoms with Crippen LogP contribution in [-0.2, 0) is 4.79 Å². The van der Waals surface area contributed by atoms with E-state index in [1.165, 1.54) is 0 Å². The van der Waals surface area contributed by atoms with Crippen LogP contribution in [0.25, 0.3) is 0 Å². The highest BCUT2D eigenvalue weighted by molar-refractivity contribution is 6.32. The first kappa shape index (κ1) is 18.1. The number of aryl methyl sites for hydroxylation is 2. The summed E-state index contributed by atoms with van der Waals surface area (Å²) in [7, 11) is 0. The van der Waals surface area contributed by atoms with E-state index in [0.717, 1.165) is 11.1 Å². The summed E-state index contributed by atoms with van der Waals surface area (Å²) >= 11 is 6.00. The maximum Gasteiger partial charge on any atom is 0.260 e. The van der Waals surface area contributed by atoms with E-state index >= 15 is 0 Å². The molecule has 0 aliphatic carbocycles. The molecule has 128 valence electrons. The maximum absolute atomic E-state index is 12.1. The highest BCUT2D eigenvalue weighted by atomic mass is 35.5. The highest BCUT2D eigenvalue weighted by Crippen LogP contribution is 2.22. The van der Waals surface area contributed by atoms with Crippen LogP contribution in [-0.4, -0.2) is 25.2 Å². The predicted octanol–water partition coefficient (Wildman–Crippen LogP) is 3.92. The van der Waals surface area contributed by atoms with Gasteiger partial charge >= 0.3 is 0 Å². The second-order valence-corrected chi connectivity index (χ2v) is 6.06. The van der Waals surface area contributed by atoms with Crippen LogP contribution in [0.4, 0.5) is 0 Å². The second-order valence-electron chi connectivity index (χ2n) is 5.65. The summed E-state index contributed by atoms with van der Waals surface area (Å²) in [5.74, 6) is 1.12. The van der Waals surface area contributed by atoms with Crippen LogP contribution < -0.4 is 14.8 Å². The number of hydrogen-bond donors (Lipinski definition) is 1. The Morgan fingerprint density at radius 3 is 2.50 bits per heavy atom. The Kier molecular flexibility index (Phi) is 6.50. The molecular formula is C19H22ClNO3. The van der Waals surface area contributed by atoms with Crippen molar-refractivity contribution < 1.29 is 14.3 Å². The normalized spacial score (nSPS) is 11.7. The minimum Gasteiger partial charge on any atom is -0.490 e. The number of carbonyl (C=O) groups excluding carboxylic acids is 1. The molecule has 0 radical (unpaired) electrons. The zero-order chi connectivity index (χ0) is 17.5. The fourth-order valence-corrected chi connectivity index (χ4v) is 2.49. The molecule has 0 spiro atoms. The van der Waals surface area contributed by atoms with Crippen LogP contribution in [0.5, 0.6) is 11.5 Å². The molecule has 2 aromatic carbocycles. The van der Waals surface area contributed by atoms with Crippen molar-refractivity contribution in [1.82, 2.24) is 5.32 Å². The van der Waals surface area contributed by atoms with E-state index in [1.54, 1.807) is 19.1 Å². The molecule has 5 heteroatoms. The van der Waals surface area contributed by atoms with Crippen molar-refractivity contribution in [3.05, 3.63) is 58.6 Å². The van der Waals surface area contributed by atoms with E-state index < -0.39 is 6.10 Å². The molecule has 1 N–H and O–H groups in total. The highest BCUT2D eigenvalue weighted by Gasteiger charge is 2.14. The summed E-state index contributed by atoms with van der Waals surface area (Å²) in [4.78, 5) is 12.1. The molecule has 0 bridgehead atoms. The monoisotopic (exact) mass is 347 g/mol. The molecule has 2 rings (SSSR count). The van der Waals surface area contributed by atoms with Crippen molar-refractivity contribution in [2.45, 2.75) is 26.9 Å². The number of para-hydroxylation sites is 1. The molecule has 1 unspecified atom stereocenters. The average molecular weight is 348 g/mol. The third kappa shape index (κ3) is 5.46. The molecule has 0 saturated carbocycles. The molecule has 0 aliphatic heterocycles. The lowest BCUT2D eigenvalue weighted by atomic mass is 10.1. The number of benzene rings is 2. The average Bonchev–Trinajstić information content (AvgIpc) is 2.51. The van der Waals surface area contributed by atoms with Gasteiger partial charge in [-0.1, -0.05) is 29.8 Å². The molecule has 4 nitrogen and oxygen atoms in total. The van der Waals surface area contributed by atoms with Crippen LogP contribution in [0.15, 0.2) is 42.5 Å². The van der Waals surface area contributed by atoms with Crippen LogP contribution in [0.3, 0.4) is 0 Å².